The van der Waals surface area contributed by atoms with Crippen LogP contribution in [0.1, 0.15) is 18.5 Å². The number of carbonyl (C=O) groups is 1. The number of benzene rings is 2. The monoisotopic (exact) mass is 397 g/mol. The molecule has 0 spiro atoms. The molecule has 2 aromatic carbocycles. The molecule has 0 aliphatic carbocycles. The van der Waals surface area contributed by atoms with E-state index in [1.807, 2.05) is 6.07 Å². The predicted octanol–water partition coefficient (Wildman–Crippen LogP) is 3.81. The summed E-state index contributed by atoms with van der Waals surface area (Å²) in [6, 6.07) is 14.5. The van der Waals surface area contributed by atoms with Crippen molar-refractivity contribution in [3.63, 3.8) is 0 Å². The molecule has 0 bridgehead atoms. The van der Waals surface area contributed by atoms with Gasteiger partial charge in [0.1, 0.15) is 18.1 Å². The number of nitrogens with zero attached hydrogens (tertiary/aromatic N) is 3. The lowest BCUT2D eigenvalue weighted by atomic mass is 9.94. The van der Waals surface area contributed by atoms with Gasteiger partial charge in [-0.2, -0.15) is 18.9 Å². The number of amides is 1. The Morgan fingerprint density at radius 3 is 2.66 bits per heavy atom. The van der Waals surface area contributed by atoms with Gasteiger partial charge >= 0.3 is 6.61 Å². The average Bonchev–Trinajstić information content (AvgIpc) is 3.15. The smallest absolute Gasteiger partial charge is 0.387 e. The second-order valence-electron chi connectivity index (χ2n) is 6.33. The van der Waals surface area contributed by atoms with Crippen LogP contribution >= 0.6 is 0 Å². The molecule has 1 amide bonds. The van der Waals surface area contributed by atoms with E-state index in [0.29, 0.717) is 28.5 Å². The third-order valence-electron chi connectivity index (χ3n) is 4.50. The first kappa shape index (κ1) is 18.6. The predicted molar refractivity (Wildman–Crippen MR) is 103 cm³/mol. The number of allylic oxidation sites excluding steroid dienone is 1. The van der Waals surface area contributed by atoms with E-state index in [0.717, 1.165) is 0 Å². The third-order valence-corrected chi connectivity index (χ3v) is 4.50. The van der Waals surface area contributed by atoms with Gasteiger partial charge < -0.3 is 15.4 Å². The summed E-state index contributed by atoms with van der Waals surface area (Å²) in [5.74, 6) is -0.0246. The lowest BCUT2D eigenvalue weighted by molar-refractivity contribution is -0.113. The van der Waals surface area contributed by atoms with E-state index in [1.54, 1.807) is 49.4 Å². The van der Waals surface area contributed by atoms with Crippen LogP contribution in [0.2, 0.25) is 0 Å². The Hall–Kier alpha value is -3.75. The lowest BCUT2D eigenvalue weighted by Gasteiger charge is -2.29. The van der Waals surface area contributed by atoms with Gasteiger partial charge in [0, 0.05) is 16.9 Å². The van der Waals surface area contributed by atoms with Gasteiger partial charge in [0.25, 0.3) is 5.91 Å². The minimum Gasteiger partial charge on any atom is -0.434 e. The van der Waals surface area contributed by atoms with Crippen molar-refractivity contribution >= 4 is 17.5 Å². The molecule has 1 atom stereocenters. The number of rotatable bonds is 5. The summed E-state index contributed by atoms with van der Waals surface area (Å²) in [6.45, 7) is -1.28. The number of alkyl halides is 2. The molecule has 3 aromatic rings. The largest absolute Gasteiger partial charge is 0.434 e. The van der Waals surface area contributed by atoms with E-state index in [-0.39, 0.29) is 11.7 Å². The SMILES string of the molecule is CC1=C(C(=O)Nc2ccccc2)C(c2ccccc2OC(F)F)n2ncnc2N1. The van der Waals surface area contributed by atoms with Gasteiger partial charge in [-0.1, -0.05) is 36.4 Å². The fourth-order valence-electron chi connectivity index (χ4n) is 3.30. The average molecular weight is 397 g/mol. The Labute approximate surface area is 165 Å². The zero-order valence-corrected chi connectivity index (χ0v) is 15.3. The molecule has 0 fully saturated rings. The summed E-state index contributed by atoms with van der Waals surface area (Å²) in [5.41, 5.74) is 1.84. The van der Waals surface area contributed by atoms with Gasteiger partial charge in [-0.05, 0) is 25.1 Å². The van der Waals surface area contributed by atoms with Crippen molar-refractivity contribution in [3.05, 3.63) is 77.8 Å². The van der Waals surface area contributed by atoms with Crippen molar-refractivity contribution in [2.45, 2.75) is 19.6 Å². The highest BCUT2D eigenvalue weighted by Gasteiger charge is 2.35. The maximum atomic E-state index is 13.2. The lowest BCUT2D eigenvalue weighted by Crippen LogP contribution is -2.31. The number of hydrogen-bond acceptors (Lipinski definition) is 5. The van der Waals surface area contributed by atoms with Crippen LogP contribution in [0.5, 0.6) is 5.75 Å². The second kappa shape index (κ2) is 7.70. The number of nitrogens with one attached hydrogen (secondary N) is 2. The molecule has 29 heavy (non-hydrogen) atoms. The van der Waals surface area contributed by atoms with Crippen molar-refractivity contribution in [1.82, 2.24) is 14.8 Å². The fraction of sp³-hybridized carbons (Fsp3) is 0.150. The highest BCUT2D eigenvalue weighted by atomic mass is 19.3. The highest BCUT2D eigenvalue weighted by molar-refractivity contribution is 6.06. The Bertz CT molecular complexity index is 1070. The summed E-state index contributed by atoms with van der Waals surface area (Å²) in [4.78, 5) is 17.3. The normalized spacial score (nSPS) is 15.7. The molecule has 1 aliphatic heterocycles. The molecule has 0 saturated heterocycles. The molecule has 0 radical (unpaired) electrons. The minimum absolute atomic E-state index is 0.0336. The third kappa shape index (κ3) is 3.66. The Morgan fingerprint density at radius 1 is 1.17 bits per heavy atom. The first-order valence-electron chi connectivity index (χ1n) is 8.82. The quantitative estimate of drug-likeness (QED) is 0.684. The van der Waals surface area contributed by atoms with E-state index < -0.39 is 12.7 Å². The summed E-state index contributed by atoms with van der Waals surface area (Å²) >= 11 is 0. The maximum absolute atomic E-state index is 13.2. The molecule has 0 saturated carbocycles. The first-order valence-corrected chi connectivity index (χ1v) is 8.82. The maximum Gasteiger partial charge on any atom is 0.387 e. The van der Waals surface area contributed by atoms with Crippen LogP contribution in [0.3, 0.4) is 0 Å². The van der Waals surface area contributed by atoms with E-state index >= 15 is 0 Å². The number of carbonyl (C=O) groups excluding carboxylic acids is 1. The molecule has 9 heteroatoms. The molecule has 4 rings (SSSR count). The minimum atomic E-state index is -3.00. The van der Waals surface area contributed by atoms with Crippen molar-refractivity contribution in [3.8, 4) is 5.75 Å². The van der Waals surface area contributed by atoms with Crippen LogP contribution in [-0.4, -0.2) is 27.3 Å². The van der Waals surface area contributed by atoms with Gasteiger partial charge in [0.15, 0.2) is 0 Å². The summed E-state index contributed by atoms with van der Waals surface area (Å²) in [7, 11) is 0. The van der Waals surface area contributed by atoms with Gasteiger partial charge in [-0.3, -0.25) is 4.79 Å². The number of para-hydroxylation sites is 2. The van der Waals surface area contributed by atoms with E-state index in [9.17, 15) is 13.6 Å². The molecular weight excluding hydrogens is 380 g/mol. The Morgan fingerprint density at radius 2 is 1.90 bits per heavy atom. The number of hydrogen-bond donors (Lipinski definition) is 2. The van der Waals surface area contributed by atoms with Crippen molar-refractivity contribution in [2.75, 3.05) is 10.6 Å². The molecule has 1 aliphatic rings. The van der Waals surface area contributed by atoms with Crippen molar-refractivity contribution in [2.24, 2.45) is 0 Å². The van der Waals surface area contributed by atoms with Crippen LogP contribution in [0, 0.1) is 0 Å². The Kier molecular flexibility index (Phi) is 4.94. The number of ether oxygens (including phenoxy) is 1. The van der Waals surface area contributed by atoms with E-state index in [2.05, 4.69) is 20.7 Å². The highest BCUT2D eigenvalue weighted by Crippen LogP contribution is 2.39. The second-order valence-corrected chi connectivity index (χ2v) is 6.33. The van der Waals surface area contributed by atoms with Crippen LogP contribution in [-0.2, 0) is 4.79 Å². The molecule has 148 valence electrons. The topological polar surface area (TPSA) is 81.1 Å². The molecular formula is C20H17F2N5O2. The zero-order valence-electron chi connectivity index (χ0n) is 15.3. The molecule has 7 nitrogen and oxygen atoms in total. The van der Waals surface area contributed by atoms with Gasteiger partial charge in [-0.25, -0.2) is 4.68 Å². The van der Waals surface area contributed by atoms with E-state index in [1.165, 1.54) is 17.1 Å². The Balaban J connectivity index is 1.80. The van der Waals surface area contributed by atoms with Crippen molar-refractivity contribution in [1.29, 1.82) is 0 Å². The molecule has 2 N–H and O–H groups in total. The number of anilines is 2. The van der Waals surface area contributed by atoms with Crippen LogP contribution in [0.4, 0.5) is 20.4 Å². The summed E-state index contributed by atoms with van der Waals surface area (Å²) in [6.07, 6.45) is 1.33. The number of halogens is 2. The fourth-order valence-corrected chi connectivity index (χ4v) is 3.30. The summed E-state index contributed by atoms with van der Waals surface area (Å²) < 4.78 is 32.1. The number of aromatic nitrogens is 3. The van der Waals surface area contributed by atoms with E-state index in [4.69, 9.17) is 4.74 Å². The van der Waals surface area contributed by atoms with Crippen LogP contribution in [0.25, 0.3) is 0 Å². The molecule has 2 heterocycles. The zero-order chi connectivity index (χ0) is 20.4. The van der Waals surface area contributed by atoms with Gasteiger partial charge in [0.2, 0.25) is 5.95 Å². The molecule has 1 unspecified atom stereocenters. The van der Waals surface area contributed by atoms with Crippen LogP contribution < -0.4 is 15.4 Å². The van der Waals surface area contributed by atoms with Gasteiger partial charge in [-0.15, -0.1) is 0 Å². The van der Waals surface area contributed by atoms with Gasteiger partial charge in [0.05, 0.1) is 5.57 Å². The first-order chi connectivity index (χ1) is 14.0. The number of fused-ring (bicyclic) bond motifs is 1. The standard InChI is InChI=1S/C20H17F2N5O2/c1-12-16(18(28)26-13-7-3-2-4-8-13)17(27-20(25-12)23-11-24-27)14-9-5-6-10-15(14)29-19(21)22/h2-11,17,19H,1H3,(H,26,28)(H,23,24,25). The summed E-state index contributed by atoms with van der Waals surface area (Å²) in [5, 5.41) is 10.1. The van der Waals surface area contributed by atoms with Crippen molar-refractivity contribution < 1.29 is 18.3 Å². The van der Waals surface area contributed by atoms with Crippen LogP contribution in [0.15, 0.2) is 72.2 Å². The molecule has 1 aromatic heterocycles.